The molecule has 0 saturated heterocycles. The first kappa shape index (κ1) is 23.9. The first-order valence-corrected chi connectivity index (χ1v) is 11.6. The van der Waals surface area contributed by atoms with Crippen LogP contribution in [0.2, 0.25) is 5.02 Å². The minimum Gasteiger partial charge on any atom is -0.467 e. The average Bonchev–Trinajstić information content (AvgIpc) is 3.09. The van der Waals surface area contributed by atoms with Crippen molar-refractivity contribution in [3.63, 3.8) is 0 Å². The number of esters is 1. The van der Waals surface area contributed by atoms with Crippen LogP contribution in [-0.2, 0) is 21.6 Å². The van der Waals surface area contributed by atoms with Gasteiger partial charge in [0.2, 0.25) is 0 Å². The third kappa shape index (κ3) is 4.34. The normalized spacial score (nSPS) is 25.6. The van der Waals surface area contributed by atoms with Gasteiger partial charge in [-0.2, -0.15) is 0 Å². The number of hydrogen-bond acceptors (Lipinski definition) is 5. The lowest BCUT2D eigenvalue weighted by atomic mass is 9.69. The van der Waals surface area contributed by atoms with Crippen LogP contribution in [-0.4, -0.2) is 41.8 Å². The van der Waals surface area contributed by atoms with E-state index in [0.717, 1.165) is 11.1 Å². The molecule has 2 N–H and O–H groups in total. The van der Waals surface area contributed by atoms with Crippen molar-refractivity contribution in [2.75, 3.05) is 25.6 Å². The number of aliphatic hydroxyl groups is 1. The molecular weight excluding hydrogens is 450 g/mol. The van der Waals surface area contributed by atoms with E-state index in [1.54, 1.807) is 12.1 Å². The number of benzene rings is 2. The fraction of sp³-hybridized carbons (Fsp3) is 0.480. The predicted octanol–water partition coefficient (Wildman–Crippen LogP) is 4.86. The van der Waals surface area contributed by atoms with Crippen LogP contribution in [0.4, 0.5) is 14.5 Å². The molecule has 1 fully saturated rings. The molecule has 1 heterocycles. The number of carbonyl (C=O) groups is 1. The van der Waals surface area contributed by atoms with Crippen molar-refractivity contribution in [2.24, 2.45) is 5.92 Å². The van der Waals surface area contributed by atoms with Gasteiger partial charge in [0.05, 0.1) is 12.1 Å². The van der Waals surface area contributed by atoms with Gasteiger partial charge >= 0.3 is 5.97 Å². The average molecular weight is 479 g/mol. The van der Waals surface area contributed by atoms with Gasteiger partial charge in [0.15, 0.2) is 0 Å². The fourth-order valence-electron chi connectivity index (χ4n) is 5.45. The second kappa shape index (κ2) is 9.20. The first-order chi connectivity index (χ1) is 15.7. The summed E-state index contributed by atoms with van der Waals surface area (Å²) in [6.07, 6.45) is 2.21. The molecule has 1 saturated carbocycles. The van der Waals surface area contributed by atoms with Gasteiger partial charge in [-0.1, -0.05) is 24.6 Å². The molecule has 0 aromatic heterocycles. The van der Waals surface area contributed by atoms with Crippen molar-refractivity contribution >= 4 is 23.3 Å². The largest absolute Gasteiger partial charge is 0.467 e. The molecule has 4 rings (SSSR count). The van der Waals surface area contributed by atoms with E-state index in [-0.39, 0.29) is 34.9 Å². The van der Waals surface area contributed by atoms with E-state index >= 15 is 0 Å². The molecule has 0 radical (unpaired) electrons. The molecule has 0 amide bonds. The summed E-state index contributed by atoms with van der Waals surface area (Å²) in [4.78, 5) is 15.3. The molecule has 2 aromatic rings. The summed E-state index contributed by atoms with van der Waals surface area (Å²) in [5.74, 6) is -1.12. The van der Waals surface area contributed by atoms with Crippen molar-refractivity contribution in [3.8, 4) is 0 Å². The van der Waals surface area contributed by atoms with Crippen LogP contribution in [0.5, 0.6) is 0 Å². The number of anilines is 1. The summed E-state index contributed by atoms with van der Waals surface area (Å²) in [5, 5.41) is 12.9. The second-order valence-electron chi connectivity index (χ2n) is 9.33. The van der Waals surface area contributed by atoms with Gasteiger partial charge in [-0.25, -0.2) is 13.6 Å². The Bertz CT molecular complexity index is 1040. The quantitative estimate of drug-likeness (QED) is 0.581. The van der Waals surface area contributed by atoms with Crippen molar-refractivity contribution in [1.29, 1.82) is 0 Å². The molecule has 2 aliphatic rings. The zero-order chi connectivity index (χ0) is 23.8. The molecule has 178 valence electrons. The Morgan fingerprint density at radius 1 is 1.21 bits per heavy atom. The summed E-state index contributed by atoms with van der Waals surface area (Å²) in [7, 11) is 1.36. The van der Waals surface area contributed by atoms with Crippen LogP contribution in [0.25, 0.3) is 0 Å². The third-order valence-corrected chi connectivity index (χ3v) is 7.48. The van der Waals surface area contributed by atoms with E-state index < -0.39 is 11.4 Å². The molecule has 1 atom stereocenters. The minimum absolute atomic E-state index is 0.0248. The van der Waals surface area contributed by atoms with Crippen LogP contribution >= 0.6 is 11.6 Å². The first-order valence-electron chi connectivity index (χ1n) is 11.2. The molecule has 1 spiro atoms. The number of methoxy groups -OCH3 is 1. The molecule has 8 heteroatoms. The van der Waals surface area contributed by atoms with Gasteiger partial charge in [-0.05, 0) is 73.1 Å². The number of hydrogen-bond donors (Lipinski definition) is 2. The van der Waals surface area contributed by atoms with Crippen LogP contribution in [0, 0.1) is 17.6 Å². The maximum absolute atomic E-state index is 14.0. The number of rotatable bonds is 6. The Labute approximate surface area is 197 Å². The highest BCUT2D eigenvalue weighted by Crippen LogP contribution is 2.52. The molecule has 0 bridgehead atoms. The van der Waals surface area contributed by atoms with Gasteiger partial charge in [0.1, 0.15) is 17.2 Å². The van der Waals surface area contributed by atoms with E-state index in [1.165, 1.54) is 25.3 Å². The Balaban J connectivity index is 1.66. The molecule has 33 heavy (non-hydrogen) atoms. The zero-order valence-corrected chi connectivity index (χ0v) is 19.6. The van der Waals surface area contributed by atoms with E-state index in [4.69, 9.17) is 16.3 Å². The topological polar surface area (TPSA) is 61.8 Å². The van der Waals surface area contributed by atoms with Crippen molar-refractivity contribution in [1.82, 2.24) is 4.90 Å². The predicted molar refractivity (Wildman–Crippen MR) is 123 cm³/mol. The maximum Gasteiger partial charge on any atom is 0.331 e. The molecule has 1 aliphatic carbocycles. The number of halogens is 3. The van der Waals surface area contributed by atoms with Crippen molar-refractivity contribution in [2.45, 2.75) is 50.2 Å². The van der Waals surface area contributed by atoms with E-state index in [0.29, 0.717) is 44.5 Å². The van der Waals surface area contributed by atoms with Gasteiger partial charge in [-0.3, -0.25) is 4.90 Å². The number of carbonyl (C=O) groups excluding carboxylic acids is 1. The number of ether oxygens (including phenoxy) is 1. The highest BCUT2D eigenvalue weighted by atomic mass is 35.5. The zero-order valence-electron chi connectivity index (χ0n) is 18.8. The standard InChI is InChI=1S/C25H29ClF2N2O3/c1-16(15-31)13-30-14-17-11-18(27)3-5-20(17)25(30)9-7-24(8-10-25,23(32)33-2)29-19-4-6-22(28)21(26)12-19/h3-6,11-12,16,29,31H,7-10,13-15H2,1-2H3/t16-,24?,25?/m1/s1. The highest BCUT2D eigenvalue weighted by molar-refractivity contribution is 6.31. The lowest BCUT2D eigenvalue weighted by Crippen LogP contribution is -2.56. The second-order valence-corrected chi connectivity index (χ2v) is 9.74. The molecular formula is C25H29ClF2N2O3. The molecule has 0 unspecified atom stereocenters. The summed E-state index contributed by atoms with van der Waals surface area (Å²) >= 11 is 5.95. The molecule has 5 nitrogen and oxygen atoms in total. The summed E-state index contributed by atoms with van der Waals surface area (Å²) < 4.78 is 32.8. The molecule has 2 aromatic carbocycles. The highest BCUT2D eigenvalue weighted by Gasteiger charge is 2.53. The van der Waals surface area contributed by atoms with Crippen LogP contribution < -0.4 is 5.32 Å². The Hall–Kier alpha value is -2.22. The number of nitrogens with zero attached hydrogens (tertiary/aromatic N) is 1. The molecule has 1 aliphatic heterocycles. The van der Waals surface area contributed by atoms with Crippen LogP contribution in [0.3, 0.4) is 0 Å². The van der Waals surface area contributed by atoms with Gasteiger partial charge in [0, 0.05) is 30.9 Å². The van der Waals surface area contributed by atoms with Gasteiger partial charge in [-0.15, -0.1) is 0 Å². The minimum atomic E-state index is -0.988. The van der Waals surface area contributed by atoms with E-state index in [1.807, 2.05) is 13.0 Å². The Morgan fingerprint density at radius 2 is 1.94 bits per heavy atom. The third-order valence-electron chi connectivity index (χ3n) is 7.19. The van der Waals surface area contributed by atoms with Crippen molar-refractivity contribution < 1.29 is 23.4 Å². The monoisotopic (exact) mass is 478 g/mol. The van der Waals surface area contributed by atoms with Gasteiger partial charge < -0.3 is 15.2 Å². The van der Waals surface area contributed by atoms with E-state index in [2.05, 4.69) is 10.2 Å². The lowest BCUT2D eigenvalue weighted by molar-refractivity contribution is -0.148. The van der Waals surface area contributed by atoms with E-state index in [9.17, 15) is 18.7 Å². The fourth-order valence-corrected chi connectivity index (χ4v) is 5.63. The maximum atomic E-state index is 14.0. The summed E-state index contributed by atoms with van der Waals surface area (Å²) in [6, 6.07) is 9.21. The smallest absolute Gasteiger partial charge is 0.331 e. The van der Waals surface area contributed by atoms with Crippen molar-refractivity contribution in [3.05, 3.63) is 64.2 Å². The lowest BCUT2D eigenvalue weighted by Gasteiger charge is -2.49. The van der Waals surface area contributed by atoms with Gasteiger partial charge in [0.25, 0.3) is 0 Å². The number of aliphatic hydroxyl groups excluding tert-OH is 1. The number of nitrogens with one attached hydrogen (secondary N) is 1. The Morgan fingerprint density at radius 3 is 2.58 bits per heavy atom. The SMILES string of the molecule is COC(=O)C1(Nc2ccc(F)c(Cl)c2)CCC2(CC1)c1ccc(F)cc1CN2C[C@@H](C)CO. The number of fused-ring (bicyclic) bond motifs is 2. The summed E-state index contributed by atoms with van der Waals surface area (Å²) in [5.41, 5.74) is 1.23. The van der Waals surface area contributed by atoms with Crippen LogP contribution in [0.15, 0.2) is 36.4 Å². The van der Waals surface area contributed by atoms with Crippen LogP contribution in [0.1, 0.15) is 43.7 Å². The Kier molecular flexibility index (Phi) is 6.67. The summed E-state index contributed by atoms with van der Waals surface area (Å²) in [6.45, 7) is 3.32.